The number of hydrogen-bond donors (Lipinski definition) is 0. The Bertz CT molecular complexity index is 300. The van der Waals surface area contributed by atoms with Gasteiger partial charge >= 0.3 is 0 Å². The first-order valence-corrected chi connectivity index (χ1v) is 10.3. The van der Waals surface area contributed by atoms with Gasteiger partial charge in [-0.25, -0.2) is 0 Å². The molecule has 1 aliphatic rings. The van der Waals surface area contributed by atoms with E-state index in [9.17, 15) is 4.79 Å². The first-order chi connectivity index (χ1) is 6.94. The number of carbonyl (C=O) groups is 1. The summed E-state index contributed by atoms with van der Waals surface area (Å²) in [5.74, 6) is 3.58. The van der Waals surface area contributed by atoms with Crippen molar-refractivity contribution < 1.29 is 4.79 Å². The van der Waals surface area contributed by atoms with E-state index in [1.807, 2.05) is 4.90 Å². The Kier molecular flexibility index (Phi) is 4.65. The predicted octanol–water partition coefficient (Wildman–Crippen LogP) is 2.29. The van der Waals surface area contributed by atoms with Crippen molar-refractivity contribution in [3.63, 3.8) is 0 Å². The third-order valence-corrected chi connectivity index (χ3v) is 3.64. The Morgan fingerprint density at radius 1 is 1.53 bits per heavy atom. The summed E-state index contributed by atoms with van der Waals surface area (Å²) < 4.78 is 0.995. The maximum atomic E-state index is 11.6. The van der Waals surface area contributed by atoms with Crippen LogP contribution in [0.5, 0.6) is 0 Å². The van der Waals surface area contributed by atoms with Crippen LogP contribution in [0.1, 0.15) is 12.8 Å². The van der Waals surface area contributed by atoms with E-state index in [1.54, 1.807) is 0 Å². The van der Waals surface area contributed by atoms with Gasteiger partial charge in [-0.15, -0.1) is 5.54 Å². The summed E-state index contributed by atoms with van der Waals surface area (Å²) >= 11 is 2.31. The Morgan fingerprint density at radius 2 is 2.20 bits per heavy atom. The van der Waals surface area contributed by atoms with Crippen LogP contribution in [0.3, 0.4) is 0 Å². The zero-order valence-corrected chi connectivity index (χ0v) is 12.8. The normalized spacial score (nSPS) is 21.5. The monoisotopic (exact) mass is 335 g/mol. The van der Waals surface area contributed by atoms with Crippen LogP contribution in [0.4, 0.5) is 0 Å². The molecule has 2 nitrogen and oxygen atoms in total. The molecule has 1 amide bonds. The third-order valence-electron chi connectivity index (χ3n) is 2.27. The Morgan fingerprint density at radius 3 is 2.73 bits per heavy atom. The molecular formula is C11H18INOSi. The van der Waals surface area contributed by atoms with E-state index < -0.39 is 8.07 Å². The van der Waals surface area contributed by atoms with Crippen molar-refractivity contribution in [3.8, 4) is 11.5 Å². The number of likely N-dealkylation sites (tertiary alicyclic amines) is 1. The first-order valence-electron chi connectivity index (χ1n) is 5.32. The standard InChI is InChI=1S/C11H18INOSi/c1-15(2,3)9-6-10-4-5-11(14)13(10)8-7-12/h10H,4-5,7-8H2,1-3H3/t10-/m0/s1. The Balaban J connectivity index is 2.68. The van der Waals surface area contributed by atoms with Gasteiger partial charge in [-0.1, -0.05) is 48.2 Å². The highest BCUT2D eigenvalue weighted by Crippen LogP contribution is 2.18. The fourth-order valence-electron chi connectivity index (χ4n) is 1.55. The molecule has 1 fully saturated rings. The molecular weight excluding hydrogens is 317 g/mol. The summed E-state index contributed by atoms with van der Waals surface area (Å²) in [5, 5.41) is 0. The molecule has 1 heterocycles. The topological polar surface area (TPSA) is 20.3 Å². The van der Waals surface area contributed by atoms with E-state index in [0.717, 1.165) is 17.4 Å². The summed E-state index contributed by atoms with van der Waals surface area (Å²) in [6.07, 6.45) is 1.61. The molecule has 0 bridgehead atoms. The minimum atomic E-state index is -1.30. The van der Waals surface area contributed by atoms with Gasteiger partial charge in [-0.2, -0.15) is 0 Å². The van der Waals surface area contributed by atoms with Gasteiger partial charge in [-0.3, -0.25) is 4.79 Å². The van der Waals surface area contributed by atoms with Gasteiger partial charge in [0.15, 0.2) is 0 Å². The van der Waals surface area contributed by atoms with E-state index in [-0.39, 0.29) is 11.9 Å². The van der Waals surface area contributed by atoms with Gasteiger partial charge < -0.3 is 4.90 Å². The van der Waals surface area contributed by atoms with Crippen molar-refractivity contribution in [3.05, 3.63) is 0 Å². The van der Waals surface area contributed by atoms with Gasteiger partial charge in [0.1, 0.15) is 8.07 Å². The van der Waals surface area contributed by atoms with Gasteiger partial charge in [0.05, 0.1) is 6.04 Å². The van der Waals surface area contributed by atoms with E-state index >= 15 is 0 Å². The molecule has 4 heteroatoms. The minimum absolute atomic E-state index is 0.194. The molecule has 0 aromatic rings. The van der Waals surface area contributed by atoms with Crippen LogP contribution < -0.4 is 0 Å². The van der Waals surface area contributed by atoms with Gasteiger partial charge in [0, 0.05) is 17.4 Å². The first kappa shape index (κ1) is 13.0. The van der Waals surface area contributed by atoms with Gasteiger partial charge in [0.2, 0.25) is 5.91 Å². The summed E-state index contributed by atoms with van der Waals surface area (Å²) in [6.45, 7) is 7.56. The summed E-state index contributed by atoms with van der Waals surface area (Å²) in [5.41, 5.74) is 3.37. The fourth-order valence-corrected chi connectivity index (χ4v) is 2.67. The van der Waals surface area contributed by atoms with Crippen molar-refractivity contribution in [2.75, 3.05) is 11.0 Å². The molecule has 0 aromatic carbocycles. The largest absolute Gasteiger partial charge is 0.328 e. The van der Waals surface area contributed by atoms with Crippen molar-refractivity contribution in [2.24, 2.45) is 0 Å². The number of hydrogen-bond acceptors (Lipinski definition) is 1. The number of carbonyl (C=O) groups excluding carboxylic acids is 1. The van der Waals surface area contributed by atoms with Crippen LogP contribution in [0.25, 0.3) is 0 Å². The van der Waals surface area contributed by atoms with E-state index in [4.69, 9.17) is 0 Å². The zero-order chi connectivity index (χ0) is 11.5. The van der Waals surface area contributed by atoms with Gasteiger partial charge in [-0.05, 0) is 6.42 Å². The lowest BCUT2D eigenvalue weighted by molar-refractivity contribution is -0.128. The highest BCUT2D eigenvalue weighted by molar-refractivity contribution is 14.1. The summed E-state index contributed by atoms with van der Waals surface area (Å²) in [4.78, 5) is 13.5. The maximum absolute atomic E-state index is 11.6. The third kappa shape index (κ3) is 4.15. The molecule has 0 spiro atoms. The predicted molar refractivity (Wildman–Crippen MR) is 74.7 cm³/mol. The highest BCUT2D eigenvalue weighted by Gasteiger charge is 2.28. The minimum Gasteiger partial charge on any atom is -0.328 e. The van der Waals surface area contributed by atoms with Crippen LogP contribution in [0.2, 0.25) is 19.6 Å². The molecule has 0 unspecified atom stereocenters. The second-order valence-electron chi connectivity index (χ2n) is 4.85. The molecule has 0 saturated carbocycles. The lowest BCUT2D eigenvalue weighted by Crippen LogP contribution is -2.34. The molecule has 1 aliphatic heterocycles. The molecule has 1 rings (SSSR count). The molecule has 15 heavy (non-hydrogen) atoms. The number of nitrogens with zero attached hydrogens (tertiary/aromatic N) is 1. The lowest BCUT2D eigenvalue weighted by Gasteiger charge is -2.19. The molecule has 0 radical (unpaired) electrons. The zero-order valence-electron chi connectivity index (χ0n) is 9.64. The average Bonchev–Trinajstić information content (AvgIpc) is 2.45. The number of rotatable bonds is 2. The van der Waals surface area contributed by atoms with E-state index in [0.29, 0.717) is 6.42 Å². The Labute approximate surface area is 107 Å². The quantitative estimate of drug-likeness (QED) is 0.328. The van der Waals surface area contributed by atoms with Crippen molar-refractivity contribution >= 4 is 36.6 Å². The second-order valence-corrected chi connectivity index (χ2v) is 10.7. The Hall–Kier alpha value is -0.0231. The van der Waals surface area contributed by atoms with Crippen LogP contribution in [0.15, 0.2) is 0 Å². The van der Waals surface area contributed by atoms with Crippen molar-refractivity contribution in [1.29, 1.82) is 0 Å². The SMILES string of the molecule is C[Si](C)(C)C#C[C@@H]1CCC(=O)N1CCI. The smallest absolute Gasteiger partial charge is 0.223 e. The summed E-state index contributed by atoms with van der Waals surface area (Å²) in [7, 11) is -1.30. The van der Waals surface area contributed by atoms with Crippen LogP contribution >= 0.6 is 22.6 Å². The molecule has 0 aromatic heterocycles. The average molecular weight is 335 g/mol. The van der Waals surface area contributed by atoms with Gasteiger partial charge in [0.25, 0.3) is 0 Å². The van der Waals surface area contributed by atoms with Crippen molar-refractivity contribution in [2.45, 2.75) is 38.5 Å². The van der Waals surface area contributed by atoms with E-state index in [2.05, 4.69) is 53.7 Å². The highest BCUT2D eigenvalue weighted by atomic mass is 127. The van der Waals surface area contributed by atoms with Crippen LogP contribution in [0, 0.1) is 11.5 Å². The number of halogens is 1. The molecule has 1 saturated heterocycles. The van der Waals surface area contributed by atoms with Crippen LogP contribution in [-0.4, -0.2) is 35.9 Å². The second kappa shape index (κ2) is 5.35. The number of alkyl halides is 1. The van der Waals surface area contributed by atoms with E-state index in [1.165, 1.54) is 0 Å². The molecule has 1 atom stereocenters. The summed E-state index contributed by atoms with van der Waals surface area (Å²) in [6, 6.07) is 0.194. The molecule has 0 aliphatic carbocycles. The fraction of sp³-hybridized carbons (Fsp3) is 0.727. The maximum Gasteiger partial charge on any atom is 0.223 e. The van der Waals surface area contributed by atoms with Crippen LogP contribution in [-0.2, 0) is 4.79 Å². The molecule has 0 N–H and O–H groups in total. The number of amides is 1. The lowest BCUT2D eigenvalue weighted by atomic mass is 10.2. The molecule has 84 valence electrons. The van der Waals surface area contributed by atoms with Crippen molar-refractivity contribution in [1.82, 2.24) is 4.90 Å².